The number of rotatable bonds is 9. The number of carbonyl (C=O) groups is 1. The topological polar surface area (TPSA) is 125 Å². The summed E-state index contributed by atoms with van der Waals surface area (Å²) in [6.45, 7) is 8.10. The van der Waals surface area contributed by atoms with Crippen LogP contribution in [-0.2, 0) is 33.3 Å². The Labute approximate surface area is 150 Å². The third kappa shape index (κ3) is 15.1. The number of alkyl carbamates (subject to hydrolysis) is 1. The molecular formula is C14H29NO8S2. The van der Waals surface area contributed by atoms with Crippen molar-refractivity contribution in [2.45, 2.75) is 52.7 Å². The lowest BCUT2D eigenvalue weighted by Gasteiger charge is -2.30. The van der Waals surface area contributed by atoms with Crippen LogP contribution in [0.15, 0.2) is 0 Å². The van der Waals surface area contributed by atoms with Gasteiger partial charge in [-0.1, -0.05) is 13.8 Å². The maximum absolute atomic E-state index is 11.9. The van der Waals surface area contributed by atoms with Crippen molar-refractivity contribution >= 4 is 26.3 Å². The maximum atomic E-state index is 11.9. The molecule has 1 N–H and O–H groups in total. The van der Waals surface area contributed by atoms with Crippen LogP contribution in [0.4, 0.5) is 4.79 Å². The zero-order chi connectivity index (χ0) is 20.1. The van der Waals surface area contributed by atoms with Gasteiger partial charge in [-0.15, -0.1) is 0 Å². The molecule has 0 aliphatic carbocycles. The molecule has 9 nitrogen and oxygen atoms in total. The quantitative estimate of drug-likeness (QED) is 0.570. The first-order valence-corrected chi connectivity index (χ1v) is 11.2. The van der Waals surface area contributed by atoms with Crippen LogP contribution in [0.2, 0.25) is 0 Å². The molecule has 0 aromatic heterocycles. The fourth-order valence-corrected chi connectivity index (χ4v) is 2.77. The van der Waals surface area contributed by atoms with Crippen molar-refractivity contribution in [3.05, 3.63) is 0 Å². The van der Waals surface area contributed by atoms with E-state index in [-0.39, 0.29) is 19.6 Å². The summed E-state index contributed by atoms with van der Waals surface area (Å²) in [7, 11) is -7.32. The second-order valence-corrected chi connectivity index (χ2v) is 11.0. The summed E-state index contributed by atoms with van der Waals surface area (Å²) in [5.41, 5.74) is -1.40. The molecule has 0 radical (unpaired) electrons. The Morgan fingerprint density at radius 3 is 1.84 bits per heavy atom. The van der Waals surface area contributed by atoms with Gasteiger partial charge >= 0.3 is 6.09 Å². The minimum absolute atomic E-state index is 0.128. The smallest absolute Gasteiger partial charge is 0.407 e. The molecule has 0 heterocycles. The standard InChI is InChI=1S/C14H29NO8S2/c1-13(2,3)23-12(16)15-11(9-21-24(6,17)18)8-14(4,5)10-22-25(7,19)20/h11H,8-10H2,1-7H3,(H,15,16)/t11-/m1/s1. The summed E-state index contributed by atoms with van der Waals surface area (Å²) in [6, 6.07) is -0.720. The van der Waals surface area contributed by atoms with E-state index in [1.807, 2.05) is 0 Å². The van der Waals surface area contributed by atoms with Crippen LogP contribution < -0.4 is 5.32 Å². The molecule has 25 heavy (non-hydrogen) atoms. The molecule has 1 amide bonds. The predicted octanol–water partition coefficient (Wildman–Crippen LogP) is 1.25. The summed E-state index contributed by atoms with van der Waals surface area (Å²) < 4.78 is 59.4. The fourth-order valence-electron chi connectivity index (χ4n) is 1.82. The number of hydrogen-bond donors (Lipinski definition) is 1. The van der Waals surface area contributed by atoms with Gasteiger partial charge < -0.3 is 10.1 Å². The van der Waals surface area contributed by atoms with E-state index < -0.39 is 43.4 Å². The van der Waals surface area contributed by atoms with E-state index in [4.69, 9.17) is 13.1 Å². The Balaban J connectivity index is 5.01. The van der Waals surface area contributed by atoms with Gasteiger partial charge in [-0.3, -0.25) is 8.37 Å². The first-order valence-electron chi connectivity index (χ1n) is 7.57. The Kier molecular flexibility index (Phi) is 8.34. The van der Waals surface area contributed by atoms with Crippen LogP contribution >= 0.6 is 0 Å². The molecule has 150 valence electrons. The van der Waals surface area contributed by atoms with Gasteiger partial charge in [0.05, 0.1) is 31.8 Å². The number of nitrogens with one attached hydrogen (secondary N) is 1. The van der Waals surface area contributed by atoms with Crippen LogP contribution in [-0.4, -0.2) is 60.3 Å². The van der Waals surface area contributed by atoms with Crippen molar-refractivity contribution in [2.24, 2.45) is 5.41 Å². The zero-order valence-electron chi connectivity index (χ0n) is 15.8. The Bertz CT molecular complexity index is 647. The molecule has 0 aliphatic rings. The minimum Gasteiger partial charge on any atom is -0.444 e. The average molecular weight is 404 g/mol. The van der Waals surface area contributed by atoms with Crippen LogP contribution in [0.3, 0.4) is 0 Å². The van der Waals surface area contributed by atoms with E-state index in [1.54, 1.807) is 34.6 Å². The molecule has 0 aromatic rings. The molecule has 0 bridgehead atoms. The summed E-state index contributed by atoms with van der Waals surface area (Å²) in [5.74, 6) is 0. The molecular weight excluding hydrogens is 374 g/mol. The second-order valence-electron chi connectivity index (χ2n) is 7.67. The van der Waals surface area contributed by atoms with Gasteiger partial charge in [0.25, 0.3) is 20.2 Å². The zero-order valence-corrected chi connectivity index (χ0v) is 17.4. The largest absolute Gasteiger partial charge is 0.444 e. The minimum atomic E-state index is -3.70. The van der Waals surface area contributed by atoms with Gasteiger partial charge in [0.15, 0.2) is 0 Å². The fraction of sp³-hybridized carbons (Fsp3) is 0.929. The third-order valence-corrected chi connectivity index (χ3v) is 3.78. The molecule has 11 heteroatoms. The van der Waals surface area contributed by atoms with E-state index in [2.05, 4.69) is 5.32 Å². The average Bonchev–Trinajstić information content (AvgIpc) is 2.29. The Morgan fingerprint density at radius 1 is 0.960 bits per heavy atom. The number of carbonyl (C=O) groups excluding carboxylic acids is 1. The van der Waals surface area contributed by atoms with Crippen molar-refractivity contribution in [1.29, 1.82) is 0 Å². The normalized spacial score (nSPS) is 14.8. The Hall–Kier alpha value is -0.910. The van der Waals surface area contributed by atoms with Crippen LogP contribution in [0.1, 0.15) is 41.0 Å². The molecule has 0 aromatic carbocycles. The van der Waals surface area contributed by atoms with Gasteiger partial charge in [-0.2, -0.15) is 16.8 Å². The third-order valence-electron chi connectivity index (χ3n) is 2.67. The highest BCUT2D eigenvalue weighted by atomic mass is 32.2. The molecule has 0 unspecified atom stereocenters. The van der Waals surface area contributed by atoms with Crippen molar-refractivity contribution < 1.29 is 34.7 Å². The van der Waals surface area contributed by atoms with E-state index in [0.717, 1.165) is 12.5 Å². The molecule has 0 fully saturated rings. The summed E-state index contributed by atoms with van der Waals surface area (Å²) in [4.78, 5) is 11.9. The molecule has 1 atom stereocenters. The highest BCUT2D eigenvalue weighted by Crippen LogP contribution is 2.24. The van der Waals surface area contributed by atoms with Crippen molar-refractivity contribution in [3.8, 4) is 0 Å². The molecule has 0 aliphatic heterocycles. The van der Waals surface area contributed by atoms with Gasteiger partial charge in [-0.05, 0) is 32.6 Å². The van der Waals surface area contributed by atoms with Gasteiger partial charge in [-0.25, -0.2) is 4.79 Å². The van der Waals surface area contributed by atoms with E-state index >= 15 is 0 Å². The van der Waals surface area contributed by atoms with Gasteiger partial charge in [0.2, 0.25) is 0 Å². The van der Waals surface area contributed by atoms with Gasteiger partial charge in [0.1, 0.15) is 5.60 Å². The monoisotopic (exact) mass is 403 g/mol. The predicted molar refractivity (Wildman–Crippen MR) is 93.1 cm³/mol. The summed E-state index contributed by atoms with van der Waals surface area (Å²) in [6.07, 6.45) is 1.31. The molecule has 0 saturated heterocycles. The van der Waals surface area contributed by atoms with Crippen LogP contribution in [0.25, 0.3) is 0 Å². The lowest BCUT2D eigenvalue weighted by Crippen LogP contribution is -2.44. The van der Waals surface area contributed by atoms with E-state index in [9.17, 15) is 21.6 Å². The Morgan fingerprint density at radius 2 is 1.44 bits per heavy atom. The number of hydrogen-bond acceptors (Lipinski definition) is 8. The second kappa shape index (κ2) is 8.65. The van der Waals surface area contributed by atoms with Crippen molar-refractivity contribution in [2.75, 3.05) is 25.7 Å². The maximum Gasteiger partial charge on any atom is 0.407 e. The van der Waals surface area contributed by atoms with Crippen LogP contribution in [0.5, 0.6) is 0 Å². The first kappa shape index (κ1) is 24.1. The van der Waals surface area contributed by atoms with E-state index in [1.165, 1.54) is 0 Å². The highest BCUT2D eigenvalue weighted by Gasteiger charge is 2.29. The SMILES string of the molecule is CC(C)(COS(C)(=O)=O)C[C@H](COS(C)(=O)=O)NC(=O)OC(C)(C)C. The van der Waals surface area contributed by atoms with E-state index in [0.29, 0.717) is 0 Å². The lowest BCUT2D eigenvalue weighted by atomic mass is 9.87. The van der Waals surface area contributed by atoms with Crippen molar-refractivity contribution in [3.63, 3.8) is 0 Å². The molecule has 0 rings (SSSR count). The first-order chi connectivity index (χ1) is 10.9. The lowest BCUT2D eigenvalue weighted by molar-refractivity contribution is 0.0457. The molecule has 0 spiro atoms. The van der Waals surface area contributed by atoms with Crippen LogP contribution in [0, 0.1) is 5.41 Å². The summed E-state index contributed by atoms with van der Waals surface area (Å²) >= 11 is 0. The highest BCUT2D eigenvalue weighted by molar-refractivity contribution is 7.86. The molecule has 0 saturated carbocycles. The summed E-state index contributed by atoms with van der Waals surface area (Å²) in [5, 5.41) is 2.54. The van der Waals surface area contributed by atoms with Crippen molar-refractivity contribution in [1.82, 2.24) is 5.32 Å². The van der Waals surface area contributed by atoms with Gasteiger partial charge in [0, 0.05) is 0 Å². The number of amides is 1. The number of ether oxygens (including phenoxy) is 1.